The van der Waals surface area contributed by atoms with Crippen LogP contribution in [-0.4, -0.2) is 6.54 Å². The van der Waals surface area contributed by atoms with Crippen LogP contribution < -0.4 is 0 Å². The molecule has 0 amide bonds. The zero-order chi connectivity index (χ0) is 10.2. The summed E-state index contributed by atoms with van der Waals surface area (Å²) in [6.45, 7) is 2.32. The lowest BCUT2D eigenvalue weighted by atomic mass is 10.1. The van der Waals surface area contributed by atoms with Crippen molar-refractivity contribution in [3.8, 4) is 11.8 Å². The number of azide groups is 1. The van der Waals surface area contributed by atoms with Gasteiger partial charge in [-0.3, -0.25) is 0 Å². The molecule has 0 bridgehead atoms. The quantitative estimate of drug-likeness (QED) is 0.294. The summed E-state index contributed by atoms with van der Waals surface area (Å²) in [6, 6.07) is 7.98. The third-order valence-corrected chi connectivity index (χ3v) is 1.83. The second kappa shape index (κ2) is 5.69. The van der Waals surface area contributed by atoms with Crippen molar-refractivity contribution in [1.82, 2.24) is 0 Å². The Kier molecular flexibility index (Phi) is 4.13. The summed E-state index contributed by atoms with van der Waals surface area (Å²) in [5.74, 6) is 5.79. The molecule has 0 atom stereocenters. The van der Waals surface area contributed by atoms with Gasteiger partial charge in [-0.2, -0.15) is 0 Å². The van der Waals surface area contributed by atoms with Gasteiger partial charge in [-0.05, 0) is 23.6 Å². The van der Waals surface area contributed by atoms with Gasteiger partial charge in [-0.15, -0.1) is 0 Å². The van der Waals surface area contributed by atoms with Crippen molar-refractivity contribution in [3.63, 3.8) is 0 Å². The molecule has 1 aromatic carbocycles. The predicted molar refractivity (Wildman–Crippen MR) is 56.7 cm³/mol. The highest BCUT2D eigenvalue weighted by atomic mass is 15.1. The molecule has 0 heterocycles. The van der Waals surface area contributed by atoms with Crippen LogP contribution >= 0.6 is 0 Å². The predicted octanol–water partition coefficient (Wildman–Crippen LogP) is 2.91. The van der Waals surface area contributed by atoms with E-state index in [1.807, 2.05) is 18.2 Å². The SMILES string of the molecule is CCc1ccccc1C#CCN=[N+]=[N-]. The van der Waals surface area contributed by atoms with E-state index in [1.165, 1.54) is 5.56 Å². The van der Waals surface area contributed by atoms with E-state index < -0.39 is 0 Å². The molecule has 0 unspecified atom stereocenters. The third-order valence-electron chi connectivity index (χ3n) is 1.83. The van der Waals surface area contributed by atoms with Crippen LogP contribution in [0.5, 0.6) is 0 Å². The number of benzene rings is 1. The molecular formula is C11H11N3. The van der Waals surface area contributed by atoms with Gasteiger partial charge in [0.15, 0.2) is 0 Å². The molecule has 0 saturated heterocycles. The summed E-state index contributed by atoms with van der Waals surface area (Å²) in [5, 5.41) is 3.35. The highest BCUT2D eigenvalue weighted by Gasteiger charge is 1.93. The monoisotopic (exact) mass is 185 g/mol. The van der Waals surface area contributed by atoms with Crippen molar-refractivity contribution in [2.45, 2.75) is 13.3 Å². The maximum absolute atomic E-state index is 8.05. The highest BCUT2D eigenvalue weighted by Crippen LogP contribution is 2.07. The average Bonchev–Trinajstić information content (AvgIpc) is 2.25. The van der Waals surface area contributed by atoms with Crippen LogP contribution in [0.2, 0.25) is 0 Å². The lowest BCUT2D eigenvalue weighted by Crippen LogP contribution is -1.85. The normalized spacial score (nSPS) is 8.36. The molecule has 0 fully saturated rings. The van der Waals surface area contributed by atoms with Gasteiger partial charge < -0.3 is 0 Å². The maximum atomic E-state index is 8.05. The third kappa shape index (κ3) is 2.85. The molecule has 0 aromatic heterocycles. The van der Waals surface area contributed by atoms with Crippen LogP contribution in [0.1, 0.15) is 18.1 Å². The molecule has 70 valence electrons. The zero-order valence-electron chi connectivity index (χ0n) is 8.07. The van der Waals surface area contributed by atoms with Crippen molar-refractivity contribution in [3.05, 3.63) is 45.8 Å². The number of aryl methyl sites for hydroxylation is 1. The van der Waals surface area contributed by atoms with Crippen molar-refractivity contribution in [2.75, 3.05) is 6.54 Å². The van der Waals surface area contributed by atoms with Crippen LogP contribution in [0, 0.1) is 11.8 Å². The summed E-state index contributed by atoms with van der Waals surface area (Å²) in [7, 11) is 0. The molecule has 0 aliphatic rings. The summed E-state index contributed by atoms with van der Waals surface area (Å²) < 4.78 is 0. The Morgan fingerprint density at radius 2 is 2.21 bits per heavy atom. The Morgan fingerprint density at radius 3 is 2.93 bits per heavy atom. The van der Waals surface area contributed by atoms with E-state index in [0.717, 1.165) is 12.0 Å². The fraction of sp³-hybridized carbons (Fsp3) is 0.273. The topological polar surface area (TPSA) is 48.8 Å². The van der Waals surface area contributed by atoms with Crippen molar-refractivity contribution < 1.29 is 0 Å². The second-order valence-electron chi connectivity index (χ2n) is 2.70. The zero-order valence-corrected chi connectivity index (χ0v) is 8.07. The first-order chi connectivity index (χ1) is 6.88. The fourth-order valence-electron chi connectivity index (χ4n) is 1.15. The van der Waals surface area contributed by atoms with Gasteiger partial charge in [0, 0.05) is 10.5 Å². The Hall–Kier alpha value is -1.91. The molecule has 3 heteroatoms. The largest absolute Gasteiger partial charge is 0.0919 e. The smallest absolute Gasteiger partial charge is 0.0880 e. The molecule has 0 spiro atoms. The number of rotatable bonds is 2. The molecule has 0 saturated carbocycles. The Balaban J connectivity index is 2.82. The van der Waals surface area contributed by atoms with Crippen LogP contribution in [0.25, 0.3) is 10.4 Å². The van der Waals surface area contributed by atoms with Crippen LogP contribution in [0.4, 0.5) is 0 Å². The van der Waals surface area contributed by atoms with Gasteiger partial charge in [-0.1, -0.05) is 42.1 Å². The minimum atomic E-state index is 0.231. The van der Waals surface area contributed by atoms with Gasteiger partial charge in [0.25, 0.3) is 0 Å². The molecule has 0 N–H and O–H groups in total. The van der Waals surface area contributed by atoms with Crippen molar-refractivity contribution >= 4 is 0 Å². The Labute approximate surface area is 83.4 Å². The molecule has 0 aliphatic heterocycles. The Morgan fingerprint density at radius 1 is 1.43 bits per heavy atom. The summed E-state index contributed by atoms with van der Waals surface area (Å²) in [6.07, 6.45) is 0.965. The van der Waals surface area contributed by atoms with Crippen molar-refractivity contribution in [2.24, 2.45) is 5.11 Å². The molecule has 14 heavy (non-hydrogen) atoms. The van der Waals surface area contributed by atoms with Gasteiger partial charge >= 0.3 is 0 Å². The lowest BCUT2D eigenvalue weighted by molar-refractivity contribution is 1.13. The highest BCUT2D eigenvalue weighted by molar-refractivity contribution is 5.41. The van der Waals surface area contributed by atoms with E-state index in [1.54, 1.807) is 0 Å². The van der Waals surface area contributed by atoms with Gasteiger partial charge in [0.2, 0.25) is 0 Å². The number of nitrogens with zero attached hydrogens (tertiary/aromatic N) is 3. The van der Waals surface area contributed by atoms with E-state index >= 15 is 0 Å². The fourth-order valence-corrected chi connectivity index (χ4v) is 1.15. The molecule has 1 rings (SSSR count). The molecule has 1 aromatic rings. The number of hydrogen-bond acceptors (Lipinski definition) is 1. The summed E-state index contributed by atoms with van der Waals surface area (Å²) in [4.78, 5) is 2.63. The van der Waals surface area contributed by atoms with Gasteiger partial charge in [0.05, 0.1) is 6.54 Å². The molecule has 0 aliphatic carbocycles. The van der Waals surface area contributed by atoms with Crippen molar-refractivity contribution in [1.29, 1.82) is 0 Å². The molecule has 3 nitrogen and oxygen atoms in total. The van der Waals surface area contributed by atoms with Gasteiger partial charge in [-0.25, -0.2) is 0 Å². The van der Waals surface area contributed by atoms with Crippen LogP contribution in [0.3, 0.4) is 0 Å². The van der Waals surface area contributed by atoms with Crippen LogP contribution in [0.15, 0.2) is 29.4 Å². The first kappa shape index (κ1) is 10.2. The van der Waals surface area contributed by atoms with Crippen LogP contribution in [-0.2, 0) is 6.42 Å². The van der Waals surface area contributed by atoms with E-state index in [-0.39, 0.29) is 6.54 Å². The Bertz CT molecular complexity index is 406. The summed E-state index contributed by atoms with van der Waals surface area (Å²) >= 11 is 0. The number of hydrogen-bond donors (Lipinski definition) is 0. The summed E-state index contributed by atoms with van der Waals surface area (Å²) in [5.41, 5.74) is 10.3. The van der Waals surface area contributed by atoms with E-state index in [9.17, 15) is 0 Å². The lowest BCUT2D eigenvalue weighted by Gasteiger charge is -1.98. The first-order valence-electron chi connectivity index (χ1n) is 4.46. The minimum Gasteiger partial charge on any atom is -0.0919 e. The van der Waals surface area contributed by atoms with E-state index in [0.29, 0.717) is 0 Å². The van der Waals surface area contributed by atoms with E-state index in [2.05, 4.69) is 34.9 Å². The minimum absolute atomic E-state index is 0.231. The van der Waals surface area contributed by atoms with Gasteiger partial charge in [0.1, 0.15) is 0 Å². The maximum Gasteiger partial charge on any atom is 0.0880 e. The average molecular weight is 185 g/mol. The van der Waals surface area contributed by atoms with E-state index in [4.69, 9.17) is 5.53 Å². The standard InChI is InChI=1S/C11H11N3/c1-2-10-6-3-4-7-11(10)8-5-9-13-14-12/h3-4,6-7H,2,9H2,1H3. The molecule has 0 radical (unpaired) electrons. The first-order valence-corrected chi connectivity index (χ1v) is 4.46. The second-order valence-corrected chi connectivity index (χ2v) is 2.70. The molecular weight excluding hydrogens is 174 g/mol.